The van der Waals surface area contributed by atoms with Crippen LogP contribution in [0.2, 0.25) is 5.02 Å². The Bertz CT molecular complexity index is 572. The molecule has 0 saturated carbocycles. The van der Waals surface area contributed by atoms with E-state index in [0.29, 0.717) is 18.2 Å². The number of alkyl halides is 6. The molecular weight excluding hydrogens is 357 g/mol. The molecule has 0 aliphatic heterocycles. The summed E-state index contributed by atoms with van der Waals surface area (Å²) in [6.45, 7) is 1.08. The second kappa shape index (κ2) is 6.42. The third-order valence-electron chi connectivity index (χ3n) is 2.75. The minimum absolute atomic E-state index is 0.543. The van der Waals surface area contributed by atoms with Gasteiger partial charge in [0, 0.05) is 12.1 Å². The van der Waals surface area contributed by atoms with Crippen LogP contribution in [0.4, 0.5) is 36.4 Å². The molecule has 0 radical (unpaired) electrons. The first-order valence-electron chi connectivity index (χ1n) is 6.01. The Kier molecular flexibility index (Phi) is 5.40. The first-order chi connectivity index (χ1) is 10.3. The summed E-state index contributed by atoms with van der Waals surface area (Å²) in [6, 6.07) is 1.76. The van der Waals surface area contributed by atoms with Crippen LogP contribution in [0.25, 0.3) is 0 Å². The molecule has 130 valence electrons. The molecule has 0 aromatic heterocycles. The first-order valence-corrected chi connectivity index (χ1v) is 6.39. The van der Waals surface area contributed by atoms with E-state index in [9.17, 15) is 35.5 Å². The van der Waals surface area contributed by atoms with E-state index in [1.54, 1.807) is 0 Å². The minimum atomic E-state index is -5.93. The topological polar surface area (TPSA) is 41.1 Å². The lowest BCUT2D eigenvalue weighted by Crippen LogP contribution is -2.72. The molecule has 1 rings (SSSR count). The summed E-state index contributed by atoms with van der Waals surface area (Å²) in [5.41, 5.74) is -5.52. The van der Waals surface area contributed by atoms with Gasteiger partial charge in [0.25, 0.3) is 0 Å². The van der Waals surface area contributed by atoms with Crippen LogP contribution in [-0.4, -0.2) is 23.9 Å². The average Bonchev–Trinajstić information content (AvgIpc) is 2.39. The van der Waals surface area contributed by atoms with Gasteiger partial charge in [0.15, 0.2) is 0 Å². The van der Waals surface area contributed by atoms with Crippen molar-refractivity contribution in [1.82, 2.24) is 5.32 Å². The highest BCUT2D eigenvalue weighted by Crippen LogP contribution is 2.43. The van der Waals surface area contributed by atoms with Crippen LogP contribution in [-0.2, 0) is 4.79 Å². The Hall–Kier alpha value is -1.71. The Morgan fingerprint density at radius 1 is 1.13 bits per heavy atom. The third kappa shape index (κ3) is 3.98. The second-order valence-electron chi connectivity index (χ2n) is 4.40. The normalized spacial score (nSPS) is 12.9. The monoisotopic (exact) mass is 366 g/mol. The number of carbonyl (C=O) groups excluding carboxylic acids is 1. The van der Waals surface area contributed by atoms with Crippen molar-refractivity contribution in [3.05, 3.63) is 29.0 Å². The van der Waals surface area contributed by atoms with Gasteiger partial charge < -0.3 is 10.6 Å². The van der Waals surface area contributed by atoms with Crippen LogP contribution < -0.4 is 10.6 Å². The molecule has 1 aromatic carbocycles. The first kappa shape index (κ1) is 19.3. The second-order valence-corrected chi connectivity index (χ2v) is 4.81. The molecular formula is C12H10ClF7N2O. The molecule has 0 atom stereocenters. The molecule has 0 aliphatic rings. The summed E-state index contributed by atoms with van der Waals surface area (Å²) in [6.07, 6.45) is -12.5. The summed E-state index contributed by atoms with van der Waals surface area (Å²) in [5.74, 6) is -2.51. The quantitative estimate of drug-likeness (QED) is 0.618. The van der Waals surface area contributed by atoms with E-state index in [4.69, 9.17) is 11.6 Å². The predicted molar refractivity (Wildman–Crippen MR) is 68.3 cm³/mol. The van der Waals surface area contributed by atoms with E-state index < -0.39 is 46.9 Å². The molecule has 23 heavy (non-hydrogen) atoms. The molecule has 0 spiro atoms. The maximum atomic E-state index is 13.1. The standard InChI is InChI=1S/C12H10ClF7N2O/c1-2-9(23)22-10(11(15,16)17,12(18,19)20)21-6-3-4-8(14)7(13)5-6/h3-5,21H,2H2,1H3,(H,22,23). The van der Waals surface area contributed by atoms with Gasteiger partial charge in [-0.25, -0.2) is 4.39 Å². The van der Waals surface area contributed by atoms with Gasteiger partial charge in [-0.3, -0.25) is 4.79 Å². The zero-order valence-corrected chi connectivity index (χ0v) is 12.1. The Labute approximate surface area is 130 Å². The number of hydrogen-bond donors (Lipinski definition) is 2. The van der Waals surface area contributed by atoms with E-state index in [1.165, 1.54) is 5.32 Å². The van der Waals surface area contributed by atoms with E-state index in [1.807, 2.05) is 0 Å². The fraction of sp³-hybridized carbons (Fsp3) is 0.417. The van der Waals surface area contributed by atoms with E-state index in [2.05, 4.69) is 0 Å². The van der Waals surface area contributed by atoms with E-state index >= 15 is 0 Å². The number of rotatable bonds is 4. The van der Waals surface area contributed by atoms with Gasteiger partial charge in [-0.15, -0.1) is 0 Å². The molecule has 0 unspecified atom stereocenters. The molecule has 0 heterocycles. The number of carbonyl (C=O) groups is 1. The van der Waals surface area contributed by atoms with Crippen LogP contribution >= 0.6 is 11.6 Å². The van der Waals surface area contributed by atoms with Crippen LogP contribution in [0.5, 0.6) is 0 Å². The highest BCUT2D eigenvalue weighted by Gasteiger charge is 2.72. The number of hydrogen-bond acceptors (Lipinski definition) is 2. The van der Waals surface area contributed by atoms with Gasteiger partial charge in [0.2, 0.25) is 5.91 Å². The largest absolute Gasteiger partial charge is 0.439 e. The lowest BCUT2D eigenvalue weighted by Gasteiger charge is -2.39. The lowest BCUT2D eigenvalue weighted by molar-refractivity contribution is -0.295. The summed E-state index contributed by atoms with van der Waals surface area (Å²) in [5, 5.41) is 1.39. The number of nitrogens with one attached hydrogen (secondary N) is 2. The van der Waals surface area contributed by atoms with Crippen LogP contribution in [0.1, 0.15) is 13.3 Å². The molecule has 11 heteroatoms. The van der Waals surface area contributed by atoms with Crippen molar-refractivity contribution in [2.24, 2.45) is 0 Å². The van der Waals surface area contributed by atoms with Crippen molar-refractivity contribution in [2.45, 2.75) is 31.4 Å². The summed E-state index contributed by atoms with van der Waals surface area (Å²) in [7, 11) is 0. The zero-order valence-electron chi connectivity index (χ0n) is 11.4. The highest BCUT2D eigenvalue weighted by atomic mass is 35.5. The van der Waals surface area contributed by atoms with Crippen LogP contribution in [0.15, 0.2) is 18.2 Å². The van der Waals surface area contributed by atoms with E-state index in [0.717, 1.165) is 12.2 Å². The van der Waals surface area contributed by atoms with Gasteiger partial charge in [0.1, 0.15) is 5.82 Å². The van der Waals surface area contributed by atoms with Crippen molar-refractivity contribution >= 4 is 23.2 Å². The SMILES string of the molecule is CCC(=O)NC(Nc1ccc(F)c(Cl)c1)(C(F)(F)F)C(F)(F)F. The fourth-order valence-electron chi connectivity index (χ4n) is 1.56. The maximum absolute atomic E-state index is 13.1. The van der Waals surface area contributed by atoms with Crippen LogP contribution in [0, 0.1) is 5.82 Å². The summed E-state index contributed by atoms with van der Waals surface area (Å²) < 4.78 is 91.8. The molecule has 0 aliphatic carbocycles. The molecule has 3 nitrogen and oxygen atoms in total. The Morgan fingerprint density at radius 3 is 2.04 bits per heavy atom. The summed E-state index contributed by atoms with van der Waals surface area (Å²) in [4.78, 5) is 11.2. The average molecular weight is 367 g/mol. The Morgan fingerprint density at radius 2 is 1.65 bits per heavy atom. The third-order valence-corrected chi connectivity index (χ3v) is 3.04. The lowest BCUT2D eigenvalue weighted by atomic mass is 10.1. The van der Waals surface area contributed by atoms with Crippen molar-refractivity contribution in [1.29, 1.82) is 0 Å². The summed E-state index contributed by atoms with van der Waals surface area (Å²) >= 11 is 5.34. The smallest absolute Gasteiger partial charge is 0.348 e. The van der Waals surface area contributed by atoms with Crippen molar-refractivity contribution in [3.63, 3.8) is 0 Å². The number of halogens is 8. The molecule has 0 bridgehead atoms. The minimum Gasteiger partial charge on any atom is -0.348 e. The van der Waals surface area contributed by atoms with Gasteiger partial charge in [-0.1, -0.05) is 18.5 Å². The number of anilines is 1. The van der Waals surface area contributed by atoms with Gasteiger partial charge >= 0.3 is 18.0 Å². The molecule has 0 fully saturated rings. The van der Waals surface area contributed by atoms with Crippen LogP contribution in [0.3, 0.4) is 0 Å². The number of amides is 1. The number of benzene rings is 1. The molecule has 2 N–H and O–H groups in total. The molecule has 1 aromatic rings. The van der Waals surface area contributed by atoms with Gasteiger partial charge in [-0.05, 0) is 18.2 Å². The highest BCUT2D eigenvalue weighted by molar-refractivity contribution is 6.31. The predicted octanol–water partition coefficient (Wildman–Crippen LogP) is 4.24. The van der Waals surface area contributed by atoms with Gasteiger partial charge in [-0.2, -0.15) is 26.3 Å². The molecule has 1 amide bonds. The maximum Gasteiger partial charge on any atom is 0.439 e. The zero-order chi connectivity index (χ0) is 18.1. The van der Waals surface area contributed by atoms with Crippen molar-refractivity contribution in [2.75, 3.05) is 5.32 Å². The van der Waals surface area contributed by atoms with Crippen molar-refractivity contribution in [3.8, 4) is 0 Å². The molecule has 0 saturated heterocycles. The fourth-order valence-corrected chi connectivity index (χ4v) is 1.74. The van der Waals surface area contributed by atoms with Gasteiger partial charge in [0.05, 0.1) is 5.02 Å². The Balaban J connectivity index is 3.42. The van der Waals surface area contributed by atoms with Crippen molar-refractivity contribution < 1.29 is 35.5 Å². The van der Waals surface area contributed by atoms with E-state index in [-0.39, 0.29) is 0 Å².